The minimum atomic E-state index is -0.532. The van der Waals surface area contributed by atoms with Crippen LogP contribution in [0.2, 0.25) is 0 Å². The van der Waals surface area contributed by atoms with E-state index < -0.39 is 6.10 Å². The molecule has 0 saturated carbocycles. The first-order valence-corrected chi connectivity index (χ1v) is 5.67. The molecule has 1 rings (SSSR count). The van der Waals surface area contributed by atoms with Crippen molar-refractivity contribution < 1.29 is 9.84 Å². The molecule has 80 valence electrons. The zero-order valence-electron chi connectivity index (χ0n) is 8.40. The fraction of sp³-hybridized carbons (Fsp3) is 0.364. The van der Waals surface area contributed by atoms with Crippen molar-refractivity contribution in [2.75, 3.05) is 11.9 Å². The maximum absolute atomic E-state index is 9.30. The molecule has 0 amide bonds. The lowest BCUT2D eigenvalue weighted by atomic mass is 10.1. The highest BCUT2D eigenvalue weighted by molar-refractivity contribution is 9.09. The minimum Gasteiger partial charge on any atom is -0.491 e. The molecule has 0 heterocycles. The minimum absolute atomic E-state index is 0.223. The molecule has 1 aromatic carbocycles. The number of nitrogens with zero attached hydrogens (tertiary/aromatic N) is 1. The molecule has 0 saturated heterocycles. The number of halogens is 1. The van der Waals surface area contributed by atoms with Gasteiger partial charge >= 0.3 is 0 Å². The van der Waals surface area contributed by atoms with Gasteiger partial charge in [0.1, 0.15) is 12.4 Å². The van der Waals surface area contributed by atoms with Crippen LogP contribution < -0.4 is 4.74 Å². The number of aliphatic hydroxyl groups is 1. The Kier molecular flexibility index (Phi) is 4.60. The van der Waals surface area contributed by atoms with Crippen molar-refractivity contribution in [2.24, 2.45) is 0 Å². The number of aliphatic hydroxyl groups excluding tert-OH is 1. The van der Waals surface area contributed by atoms with E-state index in [1.54, 1.807) is 12.1 Å². The van der Waals surface area contributed by atoms with Crippen molar-refractivity contribution in [1.29, 1.82) is 5.26 Å². The van der Waals surface area contributed by atoms with E-state index in [1.807, 2.05) is 19.1 Å². The second kappa shape index (κ2) is 5.74. The van der Waals surface area contributed by atoms with Gasteiger partial charge in [-0.25, -0.2) is 0 Å². The lowest BCUT2D eigenvalue weighted by Gasteiger charge is -2.11. The highest BCUT2D eigenvalue weighted by atomic mass is 79.9. The van der Waals surface area contributed by atoms with E-state index in [4.69, 9.17) is 10.00 Å². The lowest BCUT2D eigenvalue weighted by Crippen LogP contribution is -2.18. The number of benzene rings is 1. The average Bonchev–Trinajstić information content (AvgIpc) is 2.27. The second-order valence-electron chi connectivity index (χ2n) is 3.21. The van der Waals surface area contributed by atoms with Crippen molar-refractivity contribution in [3.8, 4) is 11.8 Å². The second-order valence-corrected chi connectivity index (χ2v) is 3.86. The molecule has 0 radical (unpaired) electrons. The number of rotatable bonds is 4. The molecule has 0 aliphatic rings. The lowest BCUT2D eigenvalue weighted by molar-refractivity contribution is 0.127. The maximum atomic E-state index is 9.30. The monoisotopic (exact) mass is 269 g/mol. The third-order valence-corrected chi connectivity index (χ3v) is 2.67. The first kappa shape index (κ1) is 12.0. The smallest absolute Gasteiger partial charge is 0.123 e. The summed E-state index contributed by atoms with van der Waals surface area (Å²) >= 11 is 3.15. The van der Waals surface area contributed by atoms with E-state index in [9.17, 15) is 5.11 Å². The Labute approximate surface area is 97.4 Å². The Bertz CT molecular complexity index is 373. The molecule has 1 unspecified atom stereocenters. The Morgan fingerprint density at radius 2 is 2.33 bits per heavy atom. The SMILES string of the molecule is Cc1ccc(C#N)cc1OCC(O)CBr. The summed E-state index contributed by atoms with van der Waals surface area (Å²) in [4.78, 5) is 0. The van der Waals surface area contributed by atoms with Gasteiger partial charge in [-0.2, -0.15) is 5.26 Å². The van der Waals surface area contributed by atoms with Crippen LogP contribution in [0.4, 0.5) is 0 Å². The average molecular weight is 270 g/mol. The van der Waals surface area contributed by atoms with Crippen molar-refractivity contribution >= 4 is 15.9 Å². The third kappa shape index (κ3) is 3.54. The molecule has 15 heavy (non-hydrogen) atoms. The Morgan fingerprint density at radius 3 is 2.93 bits per heavy atom. The van der Waals surface area contributed by atoms with E-state index in [0.29, 0.717) is 16.6 Å². The van der Waals surface area contributed by atoms with E-state index in [1.165, 1.54) is 0 Å². The highest BCUT2D eigenvalue weighted by Gasteiger charge is 2.05. The van der Waals surface area contributed by atoms with Crippen molar-refractivity contribution in [1.82, 2.24) is 0 Å². The summed E-state index contributed by atoms with van der Waals surface area (Å²) in [5.74, 6) is 0.647. The largest absolute Gasteiger partial charge is 0.491 e. The highest BCUT2D eigenvalue weighted by Crippen LogP contribution is 2.19. The predicted molar refractivity (Wildman–Crippen MR) is 61.2 cm³/mol. The summed E-state index contributed by atoms with van der Waals surface area (Å²) in [6.07, 6.45) is -0.532. The summed E-state index contributed by atoms with van der Waals surface area (Å²) in [5.41, 5.74) is 1.51. The molecule has 0 aromatic heterocycles. The van der Waals surface area contributed by atoms with Gasteiger partial charge in [0.2, 0.25) is 0 Å². The summed E-state index contributed by atoms with van der Waals surface area (Å²) in [5, 5.41) is 18.5. The molecule has 0 spiro atoms. The molecule has 0 fully saturated rings. The fourth-order valence-corrected chi connectivity index (χ4v) is 1.24. The van der Waals surface area contributed by atoms with Gasteiger partial charge in [0.25, 0.3) is 0 Å². The first-order valence-electron chi connectivity index (χ1n) is 4.55. The van der Waals surface area contributed by atoms with Crippen LogP contribution >= 0.6 is 15.9 Å². The van der Waals surface area contributed by atoms with Gasteiger partial charge in [-0.3, -0.25) is 0 Å². The molecular formula is C11H12BrNO2. The number of nitriles is 1. The molecule has 0 bridgehead atoms. The topological polar surface area (TPSA) is 53.2 Å². The van der Waals surface area contributed by atoms with Crippen LogP contribution in [0.3, 0.4) is 0 Å². The molecule has 1 N–H and O–H groups in total. The molecule has 4 heteroatoms. The summed E-state index contributed by atoms with van der Waals surface area (Å²) in [6, 6.07) is 7.29. The zero-order chi connectivity index (χ0) is 11.3. The van der Waals surface area contributed by atoms with Crippen molar-refractivity contribution in [2.45, 2.75) is 13.0 Å². The van der Waals surface area contributed by atoms with Crippen LogP contribution in [0, 0.1) is 18.3 Å². The van der Waals surface area contributed by atoms with E-state index in [0.717, 1.165) is 5.56 Å². The predicted octanol–water partition coefficient (Wildman–Crippen LogP) is 2.00. The van der Waals surface area contributed by atoms with E-state index >= 15 is 0 Å². The summed E-state index contributed by atoms with van der Waals surface area (Å²) in [7, 11) is 0. The van der Waals surface area contributed by atoms with Crippen LogP contribution in [0.5, 0.6) is 5.75 Å². The van der Waals surface area contributed by atoms with Gasteiger partial charge in [-0.15, -0.1) is 0 Å². The number of aryl methyl sites for hydroxylation is 1. The fourth-order valence-electron chi connectivity index (χ4n) is 1.06. The van der Waals surface area contributed by atoms with Gasteiger partial charge in [0.05, 0.1) is 17.7 Å². The number of hydrogen-bond acceptors (Lipinski definition) is 3. The molecule has 3 nitrogen and oxygen atoms in total. The first-order chi connectivity index (χ1) is 7.17. The van der Waals surface area contributed by atoms with Crippen molar-refractivity contribution in [3.63, 3.8) is 0 Å². The standard InChI is InChI=1S/C11H12BrNO2/c1-8-2-3-9(6-13)4-11(8)15-7-10(14)5-12/h2-4,10,14H,5,7H2,1H3. The van der Waals surface area contributed by atoms with Crippen LogP contribution in [0.15, 0.2) is 18.2 Å². The molecule has 0 aliphatic heterocycles. The van der Waals surface area contributed by atoms with Crippen LogP contribution in [0.25, 0.3) is 0 Å². The normalized spacial score (nSPS) is 11.9. The van der Waals surface area contributed by atoms with Crippen LogP contribution in [-0.4, -0.2) is 23.1 Å². The van der Waals surface area contributed by atoms with Gasteiger partial charge in [0.15, 0.2) is 0 Å². The molecule has 1 aromatic rings. The van der Waals surface area contributed by atoms with Gasteiger partial charge < -0.3 is 9.84 Å². The van der Waals surface area contributed by atoms with Crippen LogP contribution in [-0.2, 0) is 0 Å². The molecular weight excluding hydrogens is 258 g/mol. The number of ether oxygens (including phenoxy) is 1. The zero-order valence-corrected chi connectivity index (χ0v) is 9.99. The Hall–Kier alpha value is -1.05. The van der Waals surface area contributed by atoms with Crippen LogP contribution in [0.1, 0.15) is 11.1 Å². The maximum Gasteiger partial charge on any atom is 0.123 e. The number of hydrogen-bond donors (Lipinski definition) is 1. The van der Waals surface area contributed by atoms with Gasteiger partial charge in [0, 0.05) is 5.33 Å². The summed E-state index contributed by atoms with van der Waals surface area (Å²) in [6.45, 7) is 2.12. The van der Waals surface area contributed by atoms with Crippen molar-refractivity contribution in [3.05, 3.63) is 29.3 Å². The Morgan fingerprint density at radius 1 is 1.60 bits per heavy atom. The molecule has 0 aliphatic carbocycles. The quantitative estimate of drug-likeness (QED) is 0.851. The van der Waals surface area contributed by atoms with E-state index in [-0.39, 0.29) is 6.61 Å². The summed E-state index contributed by atoms with van der Waals surface area (Å²) < 4.78 is 5.40. The number of alkyl halides is 1. The van der Waals surface area contributed by atoms with Gasteiger partial charge in [-0.1, -0.05) is 22.0 Å². The third-order valence-electron chi connectivity index (χ3n) is 1.93. The van der Waals surface area contributed by atoms with Gasteiger partial charge in [-0.05, 0) is 24.6 Å². The Balaban J connectivity index is 2.72. The molecule has 1 atom stereocenters. The van der Waals surface area contributed by atoms with E-state index in [2.05, 4.69) is 15.9 Å².